The Bertz CT molecular complexity index is 1260. The van der Waals surface area contributed by atoms with Crippen LogP contribution in [0.1, 0.15) is 17.7 Å². The average Bonchev–Trinajstić information content (AvgIpc) is 3.56. The second-order valence-electron chi connectivity index (χ2n) is 8.67. The number of hydrogen-bond donors (Lipinski definition) is 1. The van der Waals surface area contributed by atoms with E-state index in [0.717, 1.165) is 53.8 Å². The number of amides is 1. The molecule has 4 heterocycles. The van der Waals surface area contributed by atoms with Gasteiger partial charge in [-0.3, -0.25) is 19.7 Å². The number of pyridine rings is 2. The number of ether oxygens (including phenoxy) is 1. The van der Waals surface area contributed by atoms with E-state index in [-0.39, 0.29) is 11.9 Å². The molecule has 8 heteroatoms. The molecular formula is C26H27N5O3. The Morgan fingerprint density at radius 3 is 2.91 bits per heavy atom. The van der Waals surface area contributed by atoms with Gasteiger partial charge in [0.25, 0.3) is 0 Å². The van der Waals surface area contributed by atoms with E-state index in [1.807, 2.05) is 54.9 Å². The highest BCUT2D eigenvalue weighted by atomic mass is 16.5. The molecule has 1 aromatic carbocycles. The first-order valence-corrected chi connectivity index (χ1v) is 11.4. The van der Waals surface area contributed by atoms with Gasteiger partial charge in [0.05, 0.1) is 17.8 Å². The lowest BCUT2D eigenvalue weighted by atomic mass is 10.1. The minimum Gasteiger partial charge on any atom is -0.439 e. The van der Waals surface area contributed by atoms with Crippen LogP contribution in [0.4, 0.5) is 0 Å². The molecule has 1 N–H and O–H groups in total. The molecule has 1 saturated heterocycles. The zero-order valence-corrected chi connectivity index (χ0v) is 19.1. The highest BCUT2D eigenvalue weighted by Gasteiger charge is 2.28. The third kappa shape index (κ3) is 4.83. The zero-order chi connectivity index (χ0) is 23.5. The van der Waals surface area contributed by atoms with E-state index in [0.29, 0.717) is 18.2 Å². The average molecular weight is 458 g/mol. The van der Waals surface area contributed by atoms with E-state index in [1.165, 1.54) is 0 Å². The molecule has 1 amide bonds. The Balaban J connectivity index is 1.22. The molecule has 1 fully saturated rings. The molecule has 0 unspecified atom stereocenters. The van der Waals surface area contributed by atoms with Crippen molar-refractivity contribution >= 4 is 28.6 Å². The van der Waals surface area contributed by atoms with Crippen LogP contribution in [-0.2, 0) is 11.3 Å². The van der Waals surface area contributed by atoms with Crippen molar-refractivity contribution in [2.24, 2.45) is 4.99 Å². The SMILES string of the molecule is CN(C(=O)CO)[C@H]1CCN(Cc2ccc3cc(Oc4ccc(C5=CC=NC5)cn4)ccc3n2)C1. The Morgan fingerprint density at radius 1 is 1.24 bits per heavy atom. The highest BCUT2D eigenvalue weighted by molar-refractivity contribution is 5.89. The highest BCUT2D eigenvalue weighted by Crippen LogP contribution is 2.26. The van der Waals surface area contributed by atoms with Crippen molar-refractivity contribution in [1.82, 2.24) is 19.8 Å². The molecule has 8 nitrogen and oxygen atoms in total. The fourth-order valence-electron chi connectivity index (χ4n) is 4.40. The van der Waals surface area contributed by atoms with Crippen molar-refractivity contribution in [2.45, 2.75) is 19.0 Å². The number of aliphatic hydroxyl groups is 1. The third-order valence-corrected chi connectivity index (χ3v) is 6.40. The number of aromatic nitrogens is 2. The number of carbonyl (C=O) groups excluding carboxylic acids is 1. The summed E-state index contributed by atoms with van der Waals surface area (Å²) in [6.07, 6.45) is 6.53. The number of carbonyl (C=O) groups is 1. The largest absolute Gasteiger partial charge is 0.439 e. The van der Waals surface area contributed by atoms with Crippen LogP contribution in [0.3, 0.4) is 0 Å². The maximum Gasteiger partial charge on any atom is 0.248 e. The number of likely N-dealkylation sites (N-methyl/N-ethyl adjacent to an activating group) is 1. The van der Waals surface area contributed by atoms with E-state index in [2.05, 4.69) is 20.9 Å². The first-order chi connectivity index (χ1) is 16.6. The number of rotatable bonds is 7. The maximum atomic E-state index is 11.7. The fraction of sp³-hybridized carbons (Fsp3) is 0.308. The van der Waals surface area contributed by atoms with E-state index >= 15 is 0 Å². The Labute approximate surface area is 198 Å². The van der Waals surface area contributed by atoms with Crippen LogP contribution in [0.25, 0.3) is 16.5 Å². The van der Waals surface area contributed by atoms with Crippen LogP contribution in [0.5, 0.6) is 11.6 Å². The number of hydrogen-bond acceptors (Lipinski definition) is 7. The van der Waals surface area contributed by atoms with Gasteiger partial charge in [-0.2, -0.15) is 0 Å². The van der Waals surface area contributed by atoms with Crippen LogP contribution < -0.4 is 4.74 Å². The van der Waals surface area contributed by atoms with E-state index < -0.39 is 6.61 Å². The lowest BCUT2D eigenvalue weighted by Crippen LogP contribution is -2.40. The summed E-state index contributed by atoms with van der Waals surface area (Å²) in [6, 6.07) is 13.9. The molecular weight excluding hydrogens is 430 g/mol. The number of likely N-dealkylation sites (tertiary alicyclic amines) is 1. The van der Waals surface area contributed by atoms with Crippen molar-refractivity contribution in [2.75, 3.05) is 33.3 Å². The van der Waals surface area contributed by atoms with Gasteiger partial charge in [-0.1, -0.05) is 6.07 Å². The van der Waals surface area contributed by atoms with Gasteiger partial charge in [0, 0.05) is 56.6 Å². The smallest absolute Gasteiger partial charge is 0.248 e. The van der Waals surface area contributed by atoms with Crippen molar-refractivity contribution in [3.05, 3.63) is 66.0 Å². The minimum atomic E-state index is -0.444. The molecule has 0 radical (unpaired) electrons. The number of nitrogens with zero attached hydrogens (tertiary/aromatic N) is 5. The quantitative estimate of drug-likeness (QED) is 0.587. The Hall–Kier alpha value is -3.62. The Morgan fingerprint density at radius 2 is 2.15 bits per heavy atom. The monoisotopic (exact) mass is 457 g/mol. The molecule has 0 saturated carbocycles. The van der Waals surface area contributed by atoms with Gasteiger partial charge in [-0.25, -0.2) is 4.98 Å². The summed E-state index contributed by atoms with van der Waals surface area (Å²) < 4.78 is 5.96. The van der Waals surface area contributed by atoms with Gasteiger partial charge in [-0.05, 0) is 54.0 Å². The summed E-state index contributed by atoms with van der Waals surface area (Å²) in [5.74, 6) is 1.02. The lowest BCUT2D eigenvalue weighted by Gasteiger charge is -2.24. The summed E-state index contributed by atoms with van der Waals surface area (Å²) in [4.78, 5) is 29.1. The molecule has 2 aliphatic rings. The van der Waals surface area contributed by atoms with Crippen LogP contribution in [0, 0.1) is 0 Å². The summed E-state index contributed by atoms with van der Waals surface area (Å²) >= 11 is 0. The van der Waals surface area contributed by atoms with Crippen molar-refractivity contribution < 1.29 is 14.6 Å². The normalized spacial score (nSPS) is 17.8. The van der Waals surface area contributed by atoms with Crippen molar-refractivity contribution in [1.29, 1.82) is 0 Å². The summed E-state index contributed by atoms with van der Waals surface area (Å²) in [6.45, 7) is 2.66. The molecule has 34 heavy (non-hydrogen) atoms. The van der Waals surface area contributed by atoms with Crippen LogP contribution in [0.15, 0.2) is 59.7 Å². The van der Waals surface area contributed by atoms with Gasteiger partial charge in [0.15, 0.2) is 0 Å². The first kappa shape index (κ1) is 22.2. The molecule has 2 aliphatic heterocycles. The molecule has 0 aliphatic carbocycles. The van der Waals surface area contributed by atoms with Gasteiger partial charge in [0.2, 0.25) is 11.8 Å². The maximum absolute atomic E-state index is 11.7. The van der Waals surface area contributed by atoms with Gasteiger partial charge in [-0.15, -0.1) is 0 Å². The molecule has 0 spiro atoms. The topological polar surface area (TPSA) is 91.2 Å². The van der Waals surface area contributed by atoms with Gasteiger partial charge in [0.1, 0.15) is 12.4 Å². The van der Waals surface area contributed by atoms with Crippen LogP contribution in [-0.4, -0.2) is 76.3 Å². The first-order valence-electron chi connectivity index (χ1n) is 11.4. The molecule has 174 valence electrons. The number of benzene rings is 1. The van der Waals surface area contributed by atoms with Crippen molar-refractivity contribution in [3.8, 4) is 11.6 Å². The second-order valence-corrected chi connectivity index (χ2v) is 8.67. The molecule has 1 atom stereocenters. The van der Waals surface area contributed by atoms with E-state index in [1.54, 1.807) is 11.9 Å². The summed E-state index contributed by atoms with van der Waals surface area (Å²) in [7, 11) is 1.76. The predicted molar refractivity (Wildman–Crippen MR) is 131 cm³/mol. The molecule has 3 aromatic rings. The summed E-state index contributed by atoms with van der Waals surface area (Å²) in [5.41, 5.74) is 4.10. The second kappa shape index (κ2) is 9.70. The number of fused-ring (bicyclic) bond motifs is 1. The van der Waals surface area contributed by atoms with Crippen LogP contribution >= 0.6 is 0 Å². The van der Waals surface area contributed by atoms with E-state index in [9.17, 15) is 4.79 Å². The summed E-state index contributed by atoms with van der Waals surface area (Å²) in [5, 5.41) is 10.1. The molecule has 5 rings (SSSR count). The minimum absolute atomic E-state index is 0.130. The van der Waals surface area contributed by atoms with Crippen LogP contribution in [0.2, 0.25) is 0 Å². The fourth-order valence-corrected chi connectivity index (χ4v) is 4.40. The van der Waals surface area contributed by atoms with Gasteiger partial charge >= 0.3 is 0 Å². The Kier molecular flexibility index (Phi) is 6.33. The van der Waals surface area contributed by atoms with Crippen molar-refractivity contribution in [3.63, 3.8) is 0 Å². The predicted octanol–water partition coefficient (Wildman–Crippen LogP) is 2.91. The van der Waals surface area contributed by atoms with E-state index in [4.69, 9.17) is 14.8 Å². The van der Waals surface area contributed by atoms with Gasteiger partial charge < -0.3 is 14.7 Å². The standard InChI is InChI=1S/C26H27N5O3/c1-30(26(33)17-32)22-9-11-31(16-22)15-21-4-2-18-12-23(5-6-24(18)29-21)34-25-7-3-19(14-28-25)20-8-10-27-13-20/h2-8,10,12,14,22,32H,9,11,13,15-17H2,1H3/t22-/m0/s1. The number of aliphatic imine (C=N–C) groups is 1. The molecule has 2 aromatic heterocycles. The lowest BCUT2D eigenvalue weighted by molar-refractivity contribution is -0.134. The third-order valence-electron chi connectivity index (χ3n) is 6.40. The number of aliphatic hydroxyl groups excluding tert-OH is 1. The number of allylic oxidation sites excluding steroid dienone is 1. The zero-order valence-electron chi connectivity index (χ0n) is 19.1. The molecule has 0 bridgehead atoms.